The van der Waals surface area contributed by atoms with Crippen LogP contribution in [-0.4, -0.2) is 24.9 Å². The Morgan fingerprint density at radius 1 is 1.41 bits per heavy atom. The molecule has 0 unspecified atom stereocenters. The molecule has 0 aliphatic rings. The first-order chi connectivity index (χ1) is 8.20. The first kappa shape index (κ1) is 11.8. The van der Waals surface area contributed by atoms with Crippen LogP contribution >= 0.6 is 11.8 Å². The normalized spacial score (nSPS) is 10.7. The largest absolute Gasteiger partial charge is 0.340 e. The summed E-state index contributed by atoms with van der Waals surface area (Å²) in [5, 5.41) is 12.8. The third kappa shape index (κ3) is 2.73. The average molecular weight is 251 g/mol. The third-order valence-corrected chi connectivity index (χ3v) is 3.08. The van der Waals surface area contributed by atoms with Gasteiger partial charge in [0.05, 0.1) is 5.75 Å². The molecule has 2 aromatic heterocycles. The molecule has 17 heavy (non-hydrogen) atoms. The molecule has 2 aromatic rings. The average Bonchev–Trinajstić information content (AvgIpc) is 2.86. The molecule has 0 N–H and O–H groups in total. The van der Waals surface area contributed by atoms with Crippen molar-refractivity contribution in [3.05, 3.63) is 30.2 Å². The number of thioether (sulfide) groups is 1. The molecule has 0 radical (unpaired) electrons. The van der Waals surface area contributed by atoms with Crippen LogP contribution in [0.25, 0.3) is 0 Å². The van der Waals surface area contributed by atoms with E-state index in [0.717, 1.165) is 11.0 Å². The van der Waals surface area contributed by atoms with Crippen molar-refractivity contribution in [3.63, 3.8) is 0 Å². The highest BCUT2D eigenvalue weighted by molar-refractivity contribution is 7.98. The van der Waals surface area contributed by atoms with E-state index in [1.54, 1.807) is 6.92 Å². The minimum absolute atomic E-state index is 0.573. The van der Waals surface area contributed by atoms with Crippen molar-refractivity contribution in [2.45, 2.75) is 31.3 Å². The lowest BCUT2D eigenvalue weighted by Gasteiger charge is -2.03. The van der Waals surface area contributed by atoms with Crippen molar-refractivity contribution in [3.8, 4) is 0 Å². The van der Waals surface area contributed by atoms with Gasteiger partial charge >= 0.3 is 0 Å². The fourth-order valence-electron chi connectivity index (χ4n) is 1.34. The lowest BCUT2D eigenvalue weighted by molar-refractivity contribution is 0.389. The summed E-state index contributed by atoms with van der Waals surface area (Å²) < 4.78 is 6.89. The Morgan fingerprint density at radius 3 is 2.88 bits per heavy atom. The second-order valence-electron chi connectivity index (χ2n) is 3.45. The Kier molecular flexibility index (Phi) is 3.58. The van der Waals surface area contributed by atoms with E-state index >= 15 is 0 Å². The Labute approximate surface area is 103 Å². The van der Waals surface area contributed by atoms with Crippen LogP contribution in [-0.2, 0) is 12.3 Å². The van der Waals surface area contributed by atoms with Crippen molar-refractivity contribution in [1.29, 1.82) is 0 Å². The minimum Gasteiger partial charge on any atom is -0.340 e. The summed E-state index contributed by atoms with van der Waals surface area (Å²) in [5.41, 5.74) is 0. The summed E-state index contributed by atoms with van der Waals surface area (Å²) in [6.45, 7) is 8.10. The molecule has 0 fully saturated rings. The van der Waals surface area contributed by atoms with Gasteiger partial charge in [-0.15, -0.1) is 16.8 Å². The number of aryl methyl sites for hydroxylation is 2. The van der Waals surface area contributed by atoms with Crippen LogP contribution in [0.1, 0.15) is 17.5 Å². The van der Waals surface area contributed by atoms with Crippen molar-refractivity contribution in [2.24, 2.45) is 0 Å². The quantitative estimate of drug-likeness (QED) is 0.595. The van der Waals surface area contributed by atoms with E-state index in [4.69, 9.17) is 4.52 Å². The molecule has 0 atom stereocenters. The lowest BCUT2D eigenvalue weighted by atomic mass is 10.6. The maximum atomic E-state index is 4.90. The maximum absolute atomic E-state index is 4.90. The molecule has 0 aromatic carbocycles. The fraction of sp³-hybridized carbons (Fsp3) is 0.400. The summed E-state index contributed by atoms with van der Waals surface area (Å²) in [4.78, 5) is 4.13. The third-order valence-electron chi connectivity index (χ3n) is 2.11. The Morgan fingerprint density at radius 2 is 2.24 bits per heavy atom. The first-order valence-electron chi connectivity index (χ1n) is 5.13. The Bertz CT molecular complexity index is 518. The molecule has 0 aliphatic heterocycles. The monoisotopic (exact) mass is 251 g/mol. The molecule has 0 saturated carbocycles. The number of allylic oxidation sites excluding steroid dienone is 1. The number of hydrogen-bond donors (Lipinski definition) is 0. The number of nitrogens with zero attached hydrogens (tertiary/aromatic N) is 5. The predicted molar refractivity (Wildman–Crippen MR) is 63.6 cm³/mol. The van der Waals surface area contributed by atoms with E-state index in [0.29, 0.717) is 24.0 Å². The summed E-state index contributed by atoms with van der Waals surface area (Å²) in [7, 11) is 0. The van der Waals surface area contributed by atoms with Gasteiger partial charge in [0.15, 0.2) is 11.0 Å². The van der Waals surface area contributed by atoms with Crippen LogP contribution in [0.4, 0.5) is 0 Å². The molecule has 90 valence electrons. The van der Waals surface area contributed by atoms with Gasteiger partial charge in [0.1, 0.15) is 5.82 Å². The van der Waals surface area contributed by atoms with Gasteiger partial charge in [-0.05, 0) is 6.92 Å². The number of aromatic nitrogens is 5. The van der Waals surface area contributed by atoms with E-state index in [2.05, 4.69) is 26.9 Å². The first-order valence-corrected chi connectivity index (χ1v) is 6.12. The molecule has 0 amide bonds. The second-order valence-corrected chi connectivity index (χ2v) is 4.39. The molecule has 7 heteroatoms. The summed E-state index contributed by atoms with van der Waals surface area (Å²) in [6, 6.07) is 0. The zero-order valence-corrected chi connectivity index (χ0v) is 10.6. The number of rotatable bonds is 5. The highest BCUT2D eigenvalue weighted by Gasteiger charge is 2.10. The van der Waals surface area contributed by atoms with Gasteiger partial charge in [-0.25, -0.2) is 0 Å². The van der Waals surface area contributed by atoms with E-state index in [1.807, 2.05) is 17.6 Å². The molecule has 0 spiro atoms. The van der Waals surface area contributed by atoms with Crippen molar-refractivity contribution in [2.75, 3.05) is 0 Å². The van der Waals surface area contributed by atoms with Crippen molar-refractivity contribution in [1.82, 2.24) is 24.9 Å². The van der Waals surface area contributed by atoms with Crippen molar-refractivity contribution >= 4 is 11.8 Å². The Hall–Kier alpha value is -1.63. The van der Waals surface area contributed by atoms with E-state index < -0.39 is 0 Å². The van der Waals surface area contributed by atoms with Crippen LogP contribution in [0, 0.1) is 13.8 Å². The van der Waals surface area contributed by atoms with Gasteiger partial charge in [-0.2, -0.15) is 4.98 Å². The van der Waals surface area contributed by atoms with Gasteiger partial charge in [0.2, 0.25) is 5.89 Å². The van der Waals surface area contributed by atoms with Crippen LogP contribution in [0.5, 0.6) is 0 Å². The molecule has 2 rings (SSSR count). The number of hydrogen-bond acceptors (Lipinski definition) is 6. The van der Waals surface area contributed by atoms with E-state index in [1.165, 1.54) is 11.8 Å². The molecule has 0 saturated heterocycles. The minimum atomic E-state index is 0.573. The highest BCUT2D eigenvalue weighted by atomic mass is 32.2. The molecule has 0 aliphatic carbocycles. The standard InChI is InChI=1S/C10H13N5OS/c1-4-5-15-7(2)12-13-10(15)17-6-9-11-8(3)16-14-9/h4H,1,5-6H2,2-3H3. The highest BCUT2D eigenvalue weighted by Crippen LogP contribution is 2.20. The SMILES string of the molecule is C=CCn1c(C)nnc1SCc1noc(C)n1. The van der Waals surface area contributed by atoms with Crippen LogP contribution in [0.2, 0.25) is 0 Å². The molecule has 6 nitrogen and oxygen atoms in total. The summed E-state index contributed by atoms with van der Waals surface area (Å²) >= 11 is 1.53. The van der Waals surface area contributed by atoms with E-state index in [9.17, 15) is 0 Å². The smallest absolute Gasteiger partial charge is 0.223 e. The molecule has 0 bridgehead atoms. The zero-order valence-electron chi connectivity index (χ0n) is 9.75. The Balaban J connectivity index is 2.06. The maximum Gasteiger partial charge on any atom is 0.223 e. The van der Waals surface area contributed by atoms with Gasteiger partial charge in [0.25, 0.3) is 0 Å². The topological polar surface area (TPSA) is 69.6 Å². The molecular weight excluding hydrogens is 238 g/mol. The molecule has 2 heterocycles. The summed E-state index contributed by atoms with van der Waals surface area (Å²) in [5.74, 6) is 2.73. The van der Waals surface area contributed by atoms with Crippen molar-refractivity contribution < 1.29 is 4.52 Å². The van der Waals surface area contributed by atoms with Gasteiger partial charge in [0, 0.05) is 13.5 Å². The van der Waals surface area contributed by atoms with Crippen LogP contribution in [0.3, 0.4) is 0 Å². The van der Waals surface area contributed by atoms with Gasteiger partial charge in [-0.1, -0.05) is 23.0 Å². The van der Waals surface area contributed by atoms with Gasteiger partial charge < -0.3 is 9.09 Å². The lowest BCUT2D eigenvalue weighted by Crippen LogP contribution is -2.00. The van der Waals surface area contributed by atoms with E-state index in [-0.39, 0.29) is 0 Å². The fourth-order valence-corrected chi connectivity index (χ4v) is 2.17. The van der Waals surface area contributed by atoms with Crippen LogP contribution in [0.15, 0.2) is 22.3 Å². The van der Waals surface area contributed by atoms with Gasteiger partial charge in [-0.3, -0.25) is 0 Å². The predicted octanol–water partition coefficient (Wildman–Crippen LogP) is 1.76. The molecular formula is C10H13N5OS. The summed E-state index contributed by atoms with van der Waals surface area (Å²) in [6.07, 6.45) is 1.82. The zero-order chi connectivity index (χ0) is 12.3. The van der Waals surface area contributed by atoms with Crippen LogP contribution < -0.4 is 0 Å². The second kappa shape index (κ2) is 5.13.